The fraction of sp³-hybridized carbons (Fsp3) is 0.500. The number of carbonyl (C=O) groups is 4. The lowest BCUT2D eigenvalue weighted by Crippen LogP contribution is -2.54. The zero-order valence-electron chi connectivity index (χ0n) is 16.2. The first kappa shape index (κ1) is 20.2. The summed E-state index contributed by atoms with van der Waals surface area (Å²) in [6.07, 6.45) is 2.10. The monoisotopic (exact) mass is 386 g/mol. The molecule has 2 aliphatic heterocycles. The molecule has 0 bridgehead atoms. The van der Waals surface area contributed by atoms with Gasteiger partial charge in [0.25, 0.3) is 11.8 Å². The Hall–Kier alpha value is -2.58. The van der Waals surface area contributed by atoms with Gasteiger partial charge < -0.3 is 11.1 Å². The number of nitrogens with zero attached hydrogens (tertiary/aromatic N) is 1. The average Bonchev–Trinajstić information content (AvgIpc) is 2.89. The zero-order valence-corrected chi connectivity index (χ0v) is 16.2. The van der Waals surface area contributed by atoms with Gasteiger partial charge in [0.2, 0.25) is 11.8 Å². The van der Waals surface area contributed by atoms with Crippen LogP contribution >= 0.6 is 0 Å². The molecule has 2 heterocycles. The number of fused-ring (bicyclic) bond motifs is 1. The molecule has 1 fully saturated rings. The summed E-state index contributed by atoms with van der Waals surface area (Å²) < 4.78 is 0. The lowest BCUT2D eigenvalue weighted by Gasteiger charge is -2.27. The van der Waals surface area contributed by atoms with Crippen LogP contribution in [0.25, 0.3) is 0 Å². The molecule has 0 radical (unpaired) electrons. The van der Waals surface area contributed by atoms with E-state index < -0.39 is 23.8 Å². The molecule has 1 saturated heterocycles. The van der Waals surface area contributed by atoms with Crippen molar-refractivity contribution in [2.45, 2.75) is 57.7 Å². The first-order valence-corrected chi connectivity index (χ1v) is 9.53. The van der Waals surface area contributed by atoms with Gasteiger partial charge in [0.15, 0.2) is 0 Å². The van der Waals surface area contributed by atoms with Crippen LogP contribution in [0.1, 0.15) is 65.8 Å². The first-order valence-electron chi connectivity index (χ1n) is 9.53. The van der Waals surface area contributed by atoms with E-state index in [0.29, 0.717) is 24.2 Å². The van der Waals surface area contributed by atoms with Gasteiger partial charge in [-0.3, -0.25) is 29.4 Å². The van der Waals surface area contributed by atoms with Crippen molar-refractivity contribution in [3.8, 4) is 0 Å². The predicted molar refractivity (Wildman–Crippen MR) is 102 cm³/mol. The molecule has 0 aromatic heterocycles. The molecule has 150 valence electrons. The van der Waals surface area contributed by atoms with E-state index in [-0.39, 0.29) is 24.3 Å². The van der Waals surface area contributed by atoms with Gasteiger partial charge in [0.05, 0.1) is 11.1 Å². The van der Waals surface area contributed by atoms with Crippen LogP contribution in [0, 0.1) is 0 Å². The molecule has 28 heavy (non-hydrogen) atoms. The minimum atomic E-state index is -0.943. The number of nitrogens with two attached hydrogens (primary N) is 1. The lowest BCUT2D eigenvalue weighted by atomic mass is 9.97. The first-order chi connectivity index (χ1) is 13.2. The second kappa shape index (κ2) is 7.81. The Balaban J connectivity index is 1.75. The maximum atomic E-state index is 12.8. The Labute approximate surface area is 163 Å². The van der Waals surface area contributed by atoms with Crippen LogP contribution < -0.4 is 16.4 Å². The van der Waals surface area contributed by atoms with Crippen molar-refractivity contribution in [2.75, 3.05) is 6.54 Å². The van der Waals surface area contributed by atoms with E-state index in [1.54, 1.807) is 12.1 Å². The van der Waals surface area contributed by atoms with Crippen molar-refractivity contribution >= 4 is 23.6 Å². The van der Waals surface area contributed by atoms with E-state index in [1.807, 2.05) is 6.07 Å². The summed E-state index contributed by atoms with van der Waals surface area (Å²) in [6, 6.07) is 4.20. The van der Waals surface area contributed by atoms with Gasteiger partial charge in [0, 0.05) is 18.5 Å². The van der Waals surface area contributed by atoms with E-state index in [4.69, 9.17) is 5.73 Å². The normalized spacial score (nSPS) is 19.8. The fourth-order valence-corrected chi connectivity index (χ4v) is 3.60. The van der Waals surface area contributed by atoms with Gasteiger partial charge in [0.1, 0.15) is 6.04 Å². The molecule has 1 atom stereocenters. The summed E-state index contributed by atoms with van der Waals surface area (Å²) in [6.45, 7) is 5.37. The number of hydrogen-bond donors (Lipinski definition) is 3. The van der Waals surface area contributed by atoms with Crippen molar-refractivity contribution in [3.05, 3.63) is 34.9 Å². The van der Waals surface area contributed by atoms with Crippen LogP contribution in [-0.4, -0.2) is 46.7 Å². The van der Waals surface area contributed by atoms with Crippen molar-refractivity contribution in [1.29, 1.82) is 0 Å². The summed E-state index contributed by atoms with van der Waals surface area (Å²) in [7, 11) is 0. The van der Waals surface area contributed by atoms with E-state index in [9.17, 15) is 19.2 Å². The summed E-state index contributed by atoms with van der Waals surface area (Å²) in [5.41, 5.74) is 6.95. The number of piperidine rings is 1. The minimum Gasteiger partial charge on any atom is -0.330 e. The van der Waals surface area contributed by atoms with Gasteiger partial charge in [-0.1, -0.05) is 6.07 Å². The van der Waals surface area contributed by atoms with Crippen molar-refractivity contribution < 1.29 is 19.2 Å². The Morgan fingerprint density at radius 3 is 2.57 bits per heavy atom. The quantitative estimate of drug-likeness (QED) is 0.593. The lowest BCUT2D eigenvalue weighted by molar-refractivity contribution is -0.136. The molecule has 2 aliphatic rings. The predicted octanol–water partition coefficient (Wildman–Crippen LogP) is 0.695. The Morgan fingerprint density at radius 2 is 1.89 bits per heavy atom. The second-order valence-electron chi connectivity index (χ2n) is 7.96. The minimum absolute atomic E-state index is 0.100. The van der Waals surface area contributed by atoms with Gasteiger partial charge in [-0.05, 0) is 57.4 Å². The van der Waals surface area contributed by atoms with Crippen LogP contribution in [0.15, 0.2) is 18.2 Å². The highest BCUT2D eigenvalue weighted by molar-refractivity contribution is 6.23. The van der Waals surface area contributed by atoms with Crippen molar-refractivity contribution in [2.24, 2.45) is 5.73 Å². The Kier molecular flexibility index (Phi) is 5.62. The second-order valence-corrected chi connectivity index (χ2v) is 7.96. The molecular weight excluding hydrogens is 360 g/mol. The molecule has 4 N–H and O–H groups in total. The molecule has 8 heteroatoms. The summed E-state index contributed by atoms with van der Waals surface area (Å²) >= 11 is 0. The van der Waals surface area contributed by atoms with E-state index in [0.717, 1.165) is 23.3 Å². The van der Waals surface area contributed by atoms with E-state index >= 15 is 0 Å². The maximum Gasteiger partial charge on any atom is 0.262 e. The van der Waals surface area contributed by atoms with Gasteiger partial charge in [-0.25, -0.2) is 0 Å². The smallest absolute Gasteiger partial charge is 0.262 e. The molecule has 8 nitrogen and oxygen atoms in total. The van der Waals surface area contributed by atoms with E-state index in [2.05, 4.69) is 24.5 Å². The highest BCUT2D eigenvalue weighted by Gasteiger charge is 2.44. The molecule has 4 amide bonds. The molecule has 1 aromatic rings. The summed E-state index contributed by atoms with van der Waals surface area (Å²) in [5, 5.41) is 5.64. The fourth-order valence-electron chi connectivity index (χ4n) is 3.60. The van der Waals surface area contributed by atoms with Crippen LogP contribution in [0.2, 0.25) is 0 Å². The molecule has 1 unspecified atom stereocenters. The van der Waals surface area contributed by atoms with Crippen LogP contribution in [0.3, 0.4) is 0 Å². The molecule has 3 rings (SSSR count). The topological polar surface area (TPSA) is 122 Å². The Bertz CT molecular complexity index is 833. The van der Waals surface area contributed by atoms with Gasteiger partial charge in [-0.2, -0.15) is 0 Å². The highest BCUT2D eigenvalue weighted by Crippen LogP contribution is 2.28. The zero-order chi connectivity index (χ0) is 20.5. The van der Waals surface area contributed by atoms with E-state index in [1.165, 1.54) is 0 Å². The molecular formula is C20H26N4O4. The Morgan fingerprint density at radius 1 is 1.18 bits per heavy atom. The molecule has 0 saturated carbocycles. The number of carbonyl (C=O) groups excluding carboxylic acids is 4. The molecule has 1 aromatic carbocycles. The number of benzene rings is 1. The van der Waals surface area contributed by atoms with Crippen LogP contribution in [-0.2, 0) is 16.1 Å². The number of hydrogen-bond acceptors (Lipinski definition) is 6. The van der Waals surface area contributed by atoms with Gasteiger partial charge >= 0.3 is 0 Å². The summed E-state index contributed by atoms with van der Waals surface area (Å²) in [4.78, 5) is 50.0. The highest BCUT2D eigenvalue weighted by atomic mass is 16.2. The number of rotatable bonds is 7. The largest absolute Gasteiger partial charge is 0.330 e. The number of imide groups is 2. The standard InChI is InChI=1S/C20H26N4O4/c1-20(2,8-3-9-21)22-11-12-4-5-13-14(10-12)19(28)24(18(13)27)15-6-7-16(25)23-17(15)26/h4-5,10,15,22H,3,6-9,11,21H2,1-2H3,(H,23,25,26). The average molecular weight is 386 g/mol. The van der Waals surface area contributed by atoms with Crippen LogP contribution in [0.4, 0.5) is 0 Å². The third kappa shape index (κ3) is 3.98. The summed E-state index contributed by atoms with van der Waals surface area (Å²) in [5.74, 6) is -1.96. The molecule has 0 aliphatic carbocycles. The molecule has 0 spiro atoms. The number of nitrogens with one attached hydrogen (secondary N) is 2. The third-order valence-electron chi connectivity index (χ3n) is 5.28. The van der Waals surface area contributed by atoms with Crippen molar-refractivity contribution in [1.82, 2.24) is 15.5 Å². The maximum absolute atomic E-state index is 12.8. The van der Waals surface area contributed by atoms with Crippen LogP contribution in [0.5, 0.6) is 0 Å². The van der Waals surface area contributed by atoms with Crippen molar-refractivity contribution in [3.63, 3.8) is 0 Å². The van der Waals surface area contributed by atoms with Gasteiger partial charge in [-0.15, -0.1) is 0 Å². The third-order valence-corrected chi connectivity index (χ3v) is 5.28. The number of amides is 4. The SMILES string of the molecule is CC(C)(CCCN)NCc1ccc2c(c1)C(=O)N(C1CCC(=O)NC1=O)C2=O.